The van der Waals surface area contributed by atoms with Gasteiger partial charge in [0.15, 0.2) is 0 Å². The Morgan fingerprint density at radius 3 is 2.45 bits per heavy atom. The van der Waals surface area contributed by atoms with E-state index in [9.17, 15) is 13.2 Å². The van der Waals surface area contributed by atoms with Crippen LogP contribution in [0.3, 0.4) is 0 Å². The number of benzene rings is 1. The van der Waals surface area contributed by atoms with Crippen LogP contribution in [-0.4, -0.2) is 26.5 Å². The third-order valence-corrected chi connectivity index (χ3v) is 4.63. The molecule has 0 amide bonds. The van der Waals surface area contributed by atoms with Crippen molar-refractivity contribution in [1.82, 2.24) is 4.72 Å². The molecule has 0 aliphatic carbocycles. The molecule has 0 bridgehead atoms. The highest BCUT2D eigenvalue weighted by molar-refractivity contribution is 7.89. The predicted octanol–water partition coefficient (Wildman–Crippen LogP) is 3.39. The number of rotatable bonds is 6. The number of ether oxygens (including phenoxy) is 1. The Morgan fingerprint density at radius 1 is 1.27 bits per heavy atom. The van der Waals surface area contributed by atoms with E-state index < -0.39 is 15.6 Å². The van der Waals surface area contributed by atoms with Crippen LogP contribution in [0, 0.1) is 0 Å². The first kappa shape index (κ1) is 19.2. The Hall–Kier alpha value is -0.820. The lowest BCUT2D eigenvalue weighted by Gasteiger charge is -2.19. The van der Waals surface area contributed by atoms with Crippen molar-refractivity contribution in [2.75, 3.05) is 6.54 Å². The van der Waals surface area contributed by atoms with Crippen molar-refractivity contribution in [3.05, 3.63) is 28.2 Å². The summed E-state index contributed by atoms with van der Waals surface area (Å²) in [5.74, 6) is -0.365. The average Bonchev–Trinajstić information content (AvgIpc) is 2.32. The lowest BCUT2D eigenvalue weighted by atomic mass is 10.2. The van der Waals surface area contributed by atoms with Gasteiger partial charge in [-0.05, 0) is 45.4 Å². The molecule has 0 aliphatic rings. The standard InChI is InChI=1S/C14H19Cl2NO4S/c1-14(2,3)21-13(18)5-4-8-17-22(19,20)12-7-6-10(15)9-11(12)16/h6-7,9,17H,4-5,8H2,1-3H3. The second-order valence-corrected chi connectivity index (χ2v) is 8.24. The van der Waals surface area contributed by atoms with Gasteiger partial charge in [-0.2, -0.15) is 0 Å². The Kier molecular flexibility index (Phi) is 6.67. The molecule has 22 heavy (non-hydrogen) atoms. The van der Waals surface area contributed by atoms with Gasteiger partial charge in [0.25, 0.3) is 0 Å². The van der Waals surface area contributed by atoms with Crippen molar-refractivity contribution in [2.45, 2.75) is 44.1 Å². The molecular weight excluding hydrogens is 349 g/mol. The first-order valence-corrected chi connectivity index (χ1v) is 8.92. The van der Waals surface area contributed by atoms with Crippen LogP contribution in [0.15, 0.2) is 23.1 Å². The lowest BCUT2D eigenvalue weighted by Crippen LogP contribution is -2.27. The Labute approximate surface area is 141 Å². The fraction of sp³-hybridized carbons (Fsp3) is 0.500. The molecule has 0 saturated carbocycles. The number of nitrogens with one attached hydrogen (secondary N) is 1. The van der Waals surface area contributed by atoms with Gasteiger partial charge in [0.1, 0.15) is 10.5 Å². The van der Waals surface area contributed by atoms with Crippen LogP contribution >= 0.6 is 23.2 Å². The lowest BCUT2D eigenvalue weighted by molar-refractivity contribution is -0.154. The topological polar surface area (TPSA) is 72.5 Å². The number of sulfonamides is 1. The van der Waals surface area contributed by atoms with Crippen LogP contribution in [0.4, 0.5) is 0 Å². The maximum Gasteiger partial charge on any atom is 0.306 e. The van der Waals surface area contributed by atoms with Crippen molar-refractivity contribution in [2.24, 2.45) is 0 Å². The van der Waals surface area contributed by atoms with E-state index in [4.69, 9.17) is 27.9 Å². The van der Waals surface area contributed by atoms with Gasteiger partial charge in [0.2, 0.25) is 10.0 Å². The van der Waals surface area contributed by atoms with E-state index in [0.717, 1.165) is 0 Å². The number of halogens is 2. The van der Waals surface area contributed by atoms with Gasteiger partial charge in [-0.3, -0.25) is 4.79 Å². The summed E-state index contributed by atoms with van der Waals surface area (Å²) in [5.41, 5.74) is -0.548. The minimum atomic E-state index is -3.73. The summed E-state index contributed by atoms with van der Waals surface area (Å²) in [4.78, 5) is 11.5. The molecule has 0 heterocycles. The van der Waals surface area contributed by atoms with Crippen LogP contribution in [-0.2, 0) is 19.6 Å². The van der Waals surface area contributed by atoms with Crippen LogP contribution in [0.25, 0.3) is 0 Å². The SMILES string of the molecule is CC(C)(C)OC(=O)CCCNS(=O)(=O)c1ccc(Cl)cc1Cl. The quantitative estimate of drug-likeness (QED) is 0.617. The molecule has 1 aromatic carbocycles. The Morgan fingerprint density at radius 2 is 1.91 bits per heavy atom. The highest BCUT2D eigenvalue weighted by Crippen LogP contribution is 2.24. The fourth-order valence-corrected chi connectivity index (χ4v) is 3.45. The van der Waals surface area contributed by atoms with E-state index >= 15 is 0 Å². The summed E-state index contributed by atoms with van der Waals surface area (Å²) in [7, 11) is -3.73. The molecular formula is C14H19Cl2NO4S. The van der Waals surface area contributed by atoms with Gasteiger partial charge in [-0.1, -0.05) is 23.2 Å². The summed E-state index contributed by atoms with van der Waals surface area (Å²) >= 11 is 11.6. The molecule has 0 fully saturated rings. The average molecular weight is 368 g/mol. The van der Waals surface area contributed by atoms with E-state index in [1.165, 1.54) is 18.2 Å². The molecule has 1 aromatic rings. The monoisotopic (exact) mass is 367 g/mol. The van der Waals surface area contributed by atoms with Gasteiger partial charge in [0.05, 0.1) is 5.02 Å². The van der Waals surface area contributed by atoms with Gasteiger partial charge in [-0.25, -0.2) is 13.1 Å². The minimum Gasteiger partial charge on any atom is -0.460 e. The van der Waals surface area contributed by atoms with Crippen molar-refractivity contribution in [3.63, 3.8) is 0 Å². The first-order valence-electron chi connectivity index (χ1n) is 6.68. The van der Waals surface area contributed by atoms with Crippen LogP contribution in [0.5, 0.6) is 0 Å². The second-order valence-electron chi connectivity index (χ2n) is 5.66. The van der Waals surface area contributed by atoms with Crippen LogP contribution < -0.4 is 4.72 Å². The number of esters is 1. The van der Waals surface area contributed by atoms with E-state index in [1.54, 1.807) is 20.8 Å². The Balaban J connectivity index is 2.52. The third kappa shape index (κ3) is 6.52. The molecule has 5 nitrogen and oxygen atoms in total. The highest BCUT2D eigenvalue weighted by Gasteiger charge is 2.19. The third-order valence-electron chi connectivity index (χ3n) is 2.45. The Bertz CT molecular complexity index is 639. The molecule has 124 valence electrons. The van der Waals surface area contributed by atoms with E-state index in [1.807, 2.05) is 0 Å². The zero-order valence-corrected chi connectivity index (χ0v) is 15.0. The summed E-state index contributed by atoms with van der Waals surface area (Å²) in [6.07, 6.45) is 0.466. The summed E-state index contributed by atoms with van der Waals surface area (Å²) in [6.45, 7) is 5.43. The predicted molar refractivity (Wildman–Crippen MR) is 86.7 cm³/mol. The zero-order valence-electron chi connectivity index (χ0n) is 12.7. The van der Waals surface area contributed by atoms with Crippen molar-refractivity contribution in [3.8, 4) is 0 Å². The molecule has 0 unspecified atom stereocenters. The molecule has 1 rings (SSSR count). The fourth-order valence-electron chi connectivity index (χ4n) is 1.60. The van der Waals surface area contributed by atoms with Crippen LogP contribution in [0.1, 0.15) is 33.6 Å². The maximum atomic E-state index is 12.1. The van der Waals surface area contributed by atoms with Crippen molar-refractivity contribution < 1.29 is 17.9 Å². The highest BCUT2D eigenvalue weighted by atomic mass is 35.5. The van der Waals surface area contributed by atoms with E-state index in [0.29, 0.717) is 11.4 Å². The van der Waals surface area contributed by atoms with Gasteiger partial charge < -0.3 is 4.74 Å². The minimum absolute atomic E-state index is 0.0455. The van der Waals surface area contributed by atoms with Gasteiger partial charge in [0, 0.05) is 18.0 Å². The molecule has 8 heteroatoms. The summed E-state index contributed by atoms with van der Waals surface area (Å²) < 4.78 is 31.7. The summed E-state index contributed by atoms with van der Waals surface area (Å²) in [5, 5.41) is 0.404. The molecule has 0 aromatic heterocycles. The molecule has 1 N–H and O–H groups in total. The second kappa shape index (κ2) is 7.64. The first-order chi connectivity index (χ1) is 10.0. The molecule has 0 atom stereocenters. The zero-order chi connectivity index (χ0) is 17.0. The van der Waals surface area contributed by atoms with Crippen LogP contribution in [0.2, 0.25) is 10.0 Å². The number of carbonyl (C=O) groups is 1. The van der Waals surface area contributed by atoms with E-state index in [2.05, 4.69) is 4.72 Å². The van der Waals surface area contributed by atoms with Gasteiger partial charge in [-0.15, -0.1) is 0 Å². The number of hydrogen-bond donors (Lipinski definition) is 1. The van der Waals surface area contributed by atoms with Crippen molar-refractivity contribution in [1.29, 1.82) is 0 Å². The molecule has 0 aliphatic heterocycles. The van der Waals surface area contributed by atoms with Crippen molar-refractivity contribution >= 4 is 39.2 Å². The molecule has 0 radical (unpaired) electrons. The van der Waals surface area contributed by atoms with Gasteiger partial charge >= 0.3 is 5.97 Å². The summed E-state index contributed by atoms with van der Waals surface area (Å²) in [6, 6.07) is 4.14. The number of carbonyl (C=O) groups excluding carboxylic acids is 1. The molecule has 0 spiro atoms. The normalized spacial score (nSPS) is 12.2. The largest absolute Gasteiger partial charge is 0.460 e. The maximum absolute atomic E-state index is 12.1. The van der Waals surface area contributed by atoms with E-state index in [-0.39, 0.29) is 28.9 Å². The molecule has 0 saturated heterocycles. The number of hydrogen-bond acceptors (Lipinski definition) is 4. The smallest absolute Gasteiger partial charge is 0.306 e.